The Balaban J connectivity index is 1.51. The highest BCUT2D eigenvalue weighted by atomic mass is 35.5. The summed E-state index contributed by atoms with van der Waals surface area (Å²) in [5.74, 6) is 0.872. The lowest BCUT2D eigenvalue weighted by Crippen LogP contribution is -2.13. The van der Waals surface area contributed by atoms with E-state index in [0.717, 1.165) is 11.4 Å². The zero-order valence-corrected chi connectivity index (χ0v) is 15.2. The van der Waals surface area contributed by atoms with Crippen LogP contribution >= 0.6 is 11.6 Å². The van der Waals surface area contributed by atoms with Crippen LogP contribution in [0.4, 0.5) is 0 Å². The molecular formula is C19H18ClN3O3. The molecule has 6 nitrogen and oxygen atoms in total. The van der Waals surface area contributed by atoms with Crippen molar-refractivity contribution >= 4 is 17.6 Å². The standard InChI is InChI=1S/C19H18ClN3O3/c1-13-11-14(2)23(22-13)18-8-3-15(12-21-18)19(24)26-10-9-25-17-6-4-16(20)5-7-17/h3-8,11-12H,9-10H2,1-2H3. The van der Waals surface area contributed by atoms with Crippen LogP contribution in [0.2, 0.25) is 5.02 Å². The van der Waals surface area contributed by atoms with Gasteiger partial charge in [0.2, 0.25) is 0 Å². The largest absolute Gasteiger partial charge is 0.490 e. The van der Waals surface area contributed by atoms with Crippen LogP contribution in [0.25, 0.3) is 5.82 Å². The molecule has 2 aromatic heterocycles. The van der Waals surface area contributed by atoms with E-state index in [1.807, 2.05) is 19.9 Å². The minimum atomic E-state index is -0.447. The first kappa shape index (κ1) is 17.9. The summed E-state index contributed by atoms with van der Waals surface area (Å²) in [6, 6.07) is 12.3. The Labute approximate surface area is 156 Å². The van der Waals surface area contributed by atoms with Crippen molar-refractivity contribution in [3.63, 3.8) is 0 Å². The molecule has 0 saturated heterocycles. The molecule has 1 aromatic carbocycles. The number of halogens is 1. The summed E-state index contributed by atoms with van der Waals surface area (Å²) in [7, 11) is 0. The normalized spacial score (nSPS) is 10.6. The number of esters is 1. The van der Waals surface area contributed by atoms with E-state index in [9.17, 15) is 4.79 Å². The first-order chi connectivity index (χ1) is 12.5. The highest BCUT2D eigenvalue weighted by Crippen LogP contribution is 2.15. The fraction of sp³-hybridized carbons (Fsp3) is 0.211. The van der Waals surface area contributed by atoms with Crippen LogP contribution in [0, 0.1) is 13.8 Å². The summed E-state index contributed by atoms with van der Waals surface area (Å²) >= 11 is 5.81. The number of benzene rings is 1. The number of carbonyl (C=O) groups excluding carboxylic acids is 1. The van der Waals surface area contributed by atoms with Crippen molar-refractivity contribution < 1.29 is 14.3 Å². The van der Waals surface area contributed by atoms with E-state index in [2.05, 4.69) is 10.1 Å². The van der Waals surface area contributed by atoms with Crippen LogP contribution in [0.3, 0.4) is 0 Å². The molecule has 0 saturated carbocycles. The third-order valence-corrected chi connectivity index (χ3v) is 3.86. The molecule has 0 bridgehead atoms. The van der Waals surface area contributed by atoms with Gasteiger partial charge in [0.1, 0.15) is 19.0 Å². The highest BCUT2D eigenvalue weighted by molar-refractivity contribution is 6.30. The van der Waals surface area contributed by atoms with Gasteiger partial charge in [0, 0.05) is 16.9 Å². The average Bonchev–Trinajstić information content (AvgIpc) is 2.98. The number of carbonyl (C=O) groups is 1. The maximum atomic E-state index is 12.1. The molecule has 0 amide bonds. The number of aromatic nitrogens is 3. The van der Waals surface area contributed by atoms with Crippen LogP contribution in [-0.4, -0.2) is 33.9 Å². The summed E-state index contributed by atoms with van der Waals surface area (Å²) in [5, 5.41) is 5.00. The monoisotopic (exact) mass is 371 g/mol. The lowest BCUT2D eigenvalue weighted by atomic mass is 10.3. The Morgan fingerprint density at radius 2 is 1.88 bits per heavy atom. The second kappa shape index (κ2) is 8.01. The summed E-state index contributed by atoms with van der Waals surface area (Å²) in [6.07, 6.45) is 1.48. The van der Waals surface area contributed by atoms with Crippen LogP contribution in [0.15, 0.2) is 48.7 Å². The minimum Gasteiger partial charge on any atom is -0.490 e. The quantitative estimate of drug-likeness (QED) is 0.487. The van der Waals surface area contributed by atoms with Gasteiger partial charge in [-0.3, -0.25) is 0 Å². The number of nitrogens with zero attached hydrogens (tertiary/aromatic N) is 3. The van der Waals surface area contributed by atoms with Gasteiger partial charge < -0.3 is 9.47 Å². The first-order valence-electron chi connectivity index (χ1n) is 8.08. The molecule has 0 N–H and O–H groups in total. The molecule has 0 aliphatic carbocycles. The highest BCUT2D eigenvalue weighted by Gasteiger charge is 2.10. The van der Waals surface area contributed by atoms with Crippen molar-refractivity contribution in [1.29, 1.82) is 0 Å². The van der Waals surface area contributed by atoms with Gasteiger partial charge in [-0.25, -0.2) is 14.5 Å². The molecule has 3 rings (SSSR count). The Bertz CT molecular complexity index is 889. The number of hydrogen-bond acceptors (Lipinski definition) is 5. The molecule has 7 heteroatoms. The van der Waals surface area contributed by atoms with E-state index in [1.54, 1.807) is 41.1 Å². The van der Waals surface area contributed by atoms with E-state index >= 15 is 0 Å². The van der Waals surface area contributed by atoms with Gasteiger partial charge in [-0.2, -0.15) is 5.10 Å². The SMILES string of the molecule is Cc1cc(C)n(-c2ccc(C(=O)OCCOc3ccc(Cl)cc3)cn2)n1. The molecule has 0 radical (unpaired) electrons. The Morgan fingerprint density at radius 3 is 2.50 bits per heavy atom. The summed E-state index contributed by atoms with van der Waals surface area (Å²) in [6.45, 7) is 4.26. The second-order valence-corrected chi connectivity index (χ2v) is 6.12. The maximum Gasteiger partial charge on any atom is 0.339 e. The fourth-order valence-electron chi connectivity index (χ4n) is 2.40. The summed E-state index contributed by atoms with van der Waals surface area (Å²) in [5.41, 5.74) is 2.26. The van der Waals surface area contributed by atoms with Gasteiger partial charge in [0.25, 0.3) is 0 Å². The molecule has 0 unspecified atom stereocenters. The van der Waals surface area contributed by atoms with E-state index in [4.69, 9.17) is 21.1 Å². The third kappa shape index (κ3) is 4.40. The number of aryl methyl sites for hydroxylation is 2. The zero-order chi connectivity index (χ0) is 18.5. The van der Waals surface area contributed by atoms with E-state index in [0.29, 0.717) is 22.2 Å². The van der Waals surface area contributed by atoms with Crippen molar-refractivity contribution in [3.05, 3.63) is 70.6 Å². The second-order valence-electron chi connectivity index (χ2n) is 5.68. The van der Waals surface area contributed by atoms with Gasteiger partial charge >= 0.3 is 5.97 Å². The molecule has 3 aromatic rings. The Kier molecular flexibility index (Phi) is 5.53. The van der Waals surface area contributed by atoms with Crippen molar-refractivity contribution in [1.82, 2.24) is 14.8 Å². The van der Waals surface area contributed by atoms with Gasteiger partial charge in [-0.1, -0.05) is 11.6 Å². The van der Waals surface area contributed by atoms with Crippen LogP contribution in [-0.2, 0) is 4.74 Å². The molecule has 0 aliphatic rings. The topological polar surface area (TPSA) is 66.2 Å². The number of hydrogen-bond donors (Lipinski definition) is 0. The predicted molar refractivity (Wildman–Crippen MR) is 98.1 cm³/mol. The Hall–Kier alpha value is -2.86. The maximum absolute atomic E-state index is 12.1. The number of ether oxygens (including phenoxy) is 2. The lowest BCUT2D eigenvalue weighted by molar-refractivity contribution is 0.0450. The van der Waals surface area contributed by atoms with E-state index < -0.39 is 5.97 Å². The van der Waals surface area contributed by atoms with Gasteiger partial charge in [0.15, 0.2) is 5.82 Å². The first-order valence-corrected chi connectivity index (χ1v) is 8.46. The molecule has 0 aliphatic heterocycles. The number of pyridine rings is 1. The Morgan fingerprint density at radius 1 is 1.12 bits per heavy atom. The molecule has 2 heterocycles. The van der Waals surface area contributed by atoms with Crippen LogP contribution in [0.1, 0.15) is 21.7 Å². The van der Waals surface area contributed by atoms with Crippen molar-refractivity contribution in [3.8, 4) is 11.6 Å². The zero-order valence-electron chi connectivity index (χ0n) is 14.5. The molecular weight excluding hydrogens is 354 g/mol. The molecule has 0 fully saturated rings. The van der Waals surface area contributed by atoms with Gasteiger partial charge in [-0.15, -0.1) is 0 Å². The molecule has 0 spiro atoms. The average molecular weight is 372 g/mol. The number of rotatable bonds is 6. The molecule has 134 valence electrons. The van der Waals surface area contributed by atoms with Crippen molar-refractivity contribution in [2.45, 2.75) is 13.8 Å². The van der Waals surface area contributed by atoms with Gasteiger partial charge in [-0.05, 0) is 56.3 Å². The fourth-order valence-corrected chi connectivity index (χ4v) is 2.53. The minimum absolute atomic E-state index is 0.140. The summed E-state index contributed by atoms with van der Waals surface area (Å²) in [4.78, 5) is 16.3. The van der Waals surface area contributed by atoms with Crippen molar-refractivity contribution in [2.75, 3.05) is 13.2 Å². The molecule has 0 atom stereocenters. The molecule has 26 heavy (non-hydrogen) atoms. The van der Waals surface area contributed by atoms with Gasteiger partial charge in [0.05, 0.1) is 11.3 Å². The lowest BCUT2D eigenvalue weighted by Gasteiger charge is -2.08. The van der Waals surface area contributed by atoms with Crippen LogP contribution in [0.5, 0.6) is 5.75 Å². The van der Waals surface area contributed by atoms with Crippen molar-refractivity contribution in [2.24, 2.45) is 0 Å². The smallest absolute Gasteiger partial charge is 0.339 e. The third-order valence-electron chi connectivity index (χ3n) is 3.61. The van der Waals surface area contributed by atoms with Crippen LogP contribution < -0.4 is 4.74 Å². The van der Waals surface area contributed by atoms with E-state index in [1.165, 1.54) is 6.20 Å². The van der Waals surface area contributed by atoms with E-state index in [-0.39, 0.29) is 13.2 Å². The summed E-state index contributed by atoms with van der Waals surface area (Å²) < 4.78 is 12.4. The predicted octanol–water partition coefficient (Wildman–Crippen LogP) is 3.77.